The number of hydrogen-bond donors (Lipinski definition) is 4. The van der Waals surface area contributed by atoms with Crippen LogP contribution in [-0.2, 0) is 19.1 Å². The number of aliphatic hydroxyl groups excluding tert-OH is 2. The largest absolute Gasteiger partial charge is 0.462 e. The molecule has 0 aliphatic rings. The predicted octanol–water partition coefficient (Wildman–Crippen LogP) is -1.13. The van der Waals surface area contributed by atoms with Gasteiger partial charge < -0.3 is 30.5 Å². The SMILES string of the molecule is N=CC(O)COC(=O)CCC(=O)OCC(O)C=N. The molecule has 0 bridgehead atoms. The fourth-order valence-electron chi connectivity index (χ4n) is 0.801. The lowest BCUT2D eigenvalue weighted by Gasteiger charge is -2.08. The number of rotatable bonds is 9. The van der Waals surface area contributed by atoms with Gasteiger partial charge in [0.25, 0.3) is 0 Å². The van der Waals surface area contributed by atoms with E-state index < -0.39 is 24.1 Å². The summed E-state index contributed by atoms with van der Waals surface area (Å²) in [6.45, 7) is -0.659. The van der Waals surface area contributed by atoms with E-state index in [9.17, 15) is 9.59 Å². The van der Waals surface area contributed by atoms with Crippen LogP contribution in [0.5, 0.6) is 0 Å². The minimum atomic E-state index is -1.15. The van der Waals surface area contributed by atoms with Crippen LogP contribution in [-0.4, -0.2) is 60.0 Å². The third-order valence-electron chi connectivity index (χ3n) is 1.75. The number of esters is 2. The van der Waals surface area contributed by atoms with Crippen LogP contribution < -0.4 is 0 Å². The van der Waals surface area contributed by atoms with Crippen molar-refractivity contribution in [2.75, 3.05) is 13.2 Å². The van der Waals surface area contributed by atoms with Crippen LogP contribution in [0.15, 0.2) is 0 Å². The lowest BCUT2D eigenvalue weighted by molar-refractivity contribution is -0.152. The van der Waals surface area contributed by atoms with E-state index in [1.165, 1.54) is 0 Å². The van der Waals surface area contributed by atoms with Crippen LogP contribution in [0.2, 0.25) is 0 Å². The molecular weight excluding hydrogens is 244 g/mol. The highest BCUT2D eigenvalue weighted by atomic mass is 16.5. The fourth-order valence-corrected chi connectivity index (χ4v) is 0.801. The van der Waals surface area contributed by atoms with E-state index in [0.717, 1.165) is 12.4 Å². The molecule has 2 atom stereocenters. The van der Waals surface area contributed by atoms with Gasteiger partial charge in [-0.3, -0.25) is 9.59 Å². The summed E-state index contributed by atoms with van der Waals surface area (Å²) in [5.74, 6) is -1.39. The molecule has 0 radical (unpaired) electrons. The summed E-state index contributed by atoms with van der Waals surface area (Å²) < 4.78 is 9.12. The Labute approximate surface area is 104 Å². The molecule has 0 aromatic heterocycles. The van der Waals surface area contributed by atoms with Gasteiger partial charge in [-0.25, -0.2) is 0 Å². The maximum absolute atomic E-state index is 11.1. The molecule has 0 spiro atoms. The minimum Gasteiger partial charge on any atom is -0.462 e. The molecule has 4 N–H and O–H groups in total. The third kappa shape index (κ3) is 8.36. The molecule has 0 aliphatic carbocycles. The highest BCUT2D eigenvalue weighted by Crippen LogP contribution is 1.97. The van der Waals surface area contributed by atoms with Gasteiger partial charge in [0.2, 0.25) is 0 Å². The van der Waals surface area contributed by atoms with Crippen molar-refractivity contribution in [3.63, 3.8) is 0 Å². The number of nitrogens with one attached hydrogen (secondary N) is 2. The van der Waals surface area contributed by atoms with E-state index in [1.54, 1.807) is 0 Å². The Bertz CT molecular complexity index is 277. The maximum atomic E-state index is 11.1. The third-order valence-corrected chi connectivity index (χ3v) is 1.75. The van der Waals surface area contributed by atoms with Crippen molar-refractivity contribution < 1.29 is 29.3 Å². The van der Waals surface area contributed by atoms with Crippen LogP contribution in [0.1, 0.15) is 12.8 Å². The molecule has 102 valence electrons. The molecule has 0 aromatic rings. The van der Waals surface area contributed by atoms with E-state index >= 15 is 0 Å². The molecule has 8 heteroatoms. The van der Waals surface area contributed by atoms with Gasteiger partial charge >= 0.3 is 11.9 Å². The van der Waals surface area contributed by atoms with Gasteiger partial charge in [0.05, 0.1) is 12.8 Å². The second-order valence-corrected chi connectivity index (χ2v) is 3.33. The number of carbonyl (C=O) groups excluding carboxylic acids is 2. The smallest absolute Gasteiger partial charge is 0.306 e. The highest BCUT2D eigenvalue weighted by molar-refractivity contribution is 5.78. The maximum Gasteiger partial charge on any atom is 0.306 e. The van der Waals surface area contributed by atoms with Gasteiger partial charge in [0.1, 0.15) is 25.4 Å². The lowest BCUT2D eigenvalue weighted by Crippen LogP contribution is -2.21. The molecule has 0 saturated carbocycles. The van der Waals surface area contributed by atoms with Crippen molar-refractivity contribution in [3.05, 3.63) is 0 Å². The molecule has 0 rings (SSSR count). The minimum absolute atomic E-state index is 0.218. The van der Waals surface area contributed by atoms with E-state index in [2.05, 4.69) is 9.47 Å². The number of ether oxygens (including phenoxy) is 2. The number of hydrogen-bond acceptors (Lipinski definition) is 8. The number of aliphatic hydroxyl groups is 2. The van der Waals surface area contributed by atoms with Crippen molar-refractivity contribution in [2.45, 2.75) is 25.0 Å². The van der Waals surface area contributed by atoms with Crippen LogP contribution in [0.25, 0.3) is 0 Å². The molecule has 0 amide bonds. The average molecular weight is 260 g/mol. The van der Waals surface area contributed by atoms with Crippen LogP contribution >= 0.6 is 0 Å². The molecule has 0 saturated heterocycles. The Kier molecular flexibility index (Phi) is 8.33. The van der Waals surface area contributed by atoms with Crippen molar-refractivity contribution in [1.82, 2.24) is 0 Å². The summed E-state index contributed by atoms with van der Waals surface area (Å²) in [7, 11) is 0. The first-order chi connectivity index (χ1) is 8.49. The second kappa shape index (κ2) is 9.25. The van der Waals surface area contributed by atoms with E-state index in [0.29, 0.717) is 0 Å². The Hall–Kier alpha value is -1.80. The zero-order chi connectivity index (χ0) is 14.0. The van der Waals surface area contributed by atoms with Crippen LogP contribution in [0.3, 0.4) is 0 Å². The molecule has 0 heterocycles. The standard InChI is InChI=1S/C10H16N2O6/c11-3-7(13)5-17-9(15)1-2-10(16)18-6-8(14)4-12/h3-4,7-8,11-14H,1-2,5-6H2. The second-order valence-electron chi connectivity index (χ2n) is 3.33. The van der Waals surface area contributed by atoms with Gasteiger partial charge in [-0.05, 0) is 0 Å². The molecule has 8 nitrogen and oxygen atoms in total. The summed E-state index contributed by atoms with van der Waals surface area (Å²) in [6.07, 6.45) is -1.29. The van der Waals surface area contributed by atoms with E-state index in [1.807, 2.05) is 0 Å². The zero-order valence-corrected chi connectivity index (χ0v) is 9.67. The topological polar surface area (TPSA) is 141 Å². The summed E-state index contributed by atoms with van der Waals surface area (Å²) in [6, 6.07) is 0. The molecule has 0 fully saturated rings. The Balaban J connectivity index is 3.68. The zero-order valence-electron chi connectivity index (χ0n) is 9.67. The lowest BCUT2D eigenvalue weighted by atomic mass is 10.3. The van der Waals surface area contributed by atoms with Gasteiger partial charge in [-0.15, -0.1) is 0 Å². The summed E-state index contributed by atoms with van der Waals surface area (Å²) in [5.41, 5.74) is 0. The van der Waals surface area contributed by atoms with Crippen molar-refractivity contribution in [2.24, 2.45) is 0 Å². The van der Waals surface area contributed by atoms with Gasteiger partial charge in [0.15, 0.2) is 0 Å². The Morgan fingerprint density at radius 3 is 1.56 bits per heavy atom. The highest BCUT2D eigenvalue weighted by Gasteiger charge is 2.11. The summed E-state index contributed by atoms with van der Waals surface area (Å²) >= 11 is 0. The Morgan fingerprint density at radius 1 is 0.944 bits per heavy atom. The van der Waals surface area contributed by atoms with Crippen molar-refractivity contribution in [3.8, 4) is 0 Å². The first kappa shape index (κ1) is 16.2. The number of carbonyl (C=O) groups is 2. The molecule has 18 heavy (non-hydrogen) atoms. The first-order valence-electron chi connectivity index (χ1n) is 5.18. The quantitative estimate of drug-likeness (QED) is 0.305. The van der Waals surface area contributed by atoms with Crippen molar-refractivity contribution >= 4 is 24.4 Å². The average Bonchev–Trinajstić information content (AvgIpc) is 2.39. The molecule has 0 aromatic carbocycles. The van der Waals surface area contributed by atoms with E-state index in [4.69, 9.17) is 21.0 Å². The van der Waals surface area contributed by atoms with Crippen LogP contribution in [0, 0.1) is 10.8 Å². The summed E-state index contributed by atoms with van der Waals surface area (Å²) in [4.78, 5) is 22.1. The first-order valence-corrected chi connectivity index (χ1v) is 5.18. The van der Waals surface area contributed by atoms with Crippen molar-refractivity contribution in [1.29, 1.82) is 10.8 Å². The van der Waals surface area contributed by atoms with E-state index in [-0.39, 0.29) is 26.1 Å². The monoisotopic (exact) mass is 260 g/mol. The van der Waals surface area contributed by atoms with Gasteiger partial charge in [0, 0.05) is 12.4 Å². The van der Waals surface area contributed by atoms with Gasteiger partial charge in [-0.1, -0.05) is 0 Å². The predicted molar refractivity (Wildman–Crippen MR) is 60.7 cm³/mol. The molecule has 0 aliphatic heterocycles. The molecule has 2 unspecified atom stereocenters. The van der Waals surface area contributed by atoms with Gasteiger partial charge in [-0.2, -0.15) is 0 Å². The fraction of sp³-hybridized carbons (Fsp3) is 0.600. The molecular formula is C10H16N2O6. The Morgan fingerprint density at radius 2 is 1.28 bits per heavy atom. The normalized spacial score (nSPS) is 13.2. The summed E-state index contributed by atoms with van der Waals surface area (Å²) in [5, 5.41) is 31.1. The van der Waals surface area contributed by atoms with Crippen LogP contribution in [0.4, 0.5) is 0 Å².